The first-order chi connectivity index (χ1) is 19.8. The number of nitrogens with two attached hydrogens (primary N) is 1. The summed E-state index contributed by atoms with van der Waals surface area (Å²) in [6.07, 6.45) is 0.824. The van der Waals surface area contributed by atoms with Crippen LogP contribution >= 0.6 is 0 Å². The Morgan fingerprint density at radius 3 is 2.36 bits per heavy atom. The van der Waals surface area contributed by atoms with Crippen LogP contribution < -0.4 is 15.5 Å². The summed E-state index contributed by atoms with van der Waals surface area (Å²) in [4.78, 5) is 4.19. The molecule has 0 saturated carbocycles. The maximum atomic E-state index is 9.92. The molecule has 222 valence electrons. The number of hydrogen-bond donors (Lipinski definition) is 2. The van der Waals surface area contributed by atoms with Gasteiger partial charge in [-0.15, -0.1) is 0 Å². The highest BCUT2D eigenvalue weighted by Crippen LogP contribution is 2.38. The maximum Gasteiger partial charge on any atom is 0.181 e. The molecule has 6 nitrogen and oxygen atoms in total. The highest BCUT2D eigenvalue weighted by molar-refractivity contribution is 5.72. The van der Waals surface area contributed by atoms with Gasteiger partial charge in [0, 0.05) is 49.1 Å². The largest absolute Gasteiger partial charge is 0.366 e. The quantitative estimate of drug-likeness (QED) is 0.239. The van der Waals surface area contributed by atoms with E-state index in [0.29, 0.717) is 5.92 Å². The van der Waals surface area contributed by atoms with Crippen LogP contribution in [0.2, 0.25) is 0 Å². The zero-order valence-electron chi connectivity index (χ0n) is 26.6. The van der Waals surface area contributed by atoms with Gasteiger partial charge >= 0.3 is 0 Å². The molecule has 4 aromatic rings. The monoisotopic (exact) mass is 565 g/mol. The zero-order valence-corrected chi connectivity index (χ0v) is 26.6. The van der Waals surface area contributed by atoms with E-state index in [1.807, 2.05) is 12.1 Å². The molecule has 1 aliphatic heterocycles. The van der Waals surface area contributed by atoms with Crippen molar-refractivity contribution in [3.63, 3.8) is 0 Å². The smallest absolute Gasteiger partial charge is 0.181 e. The van der Waals surface area contributed by atoms with E-state index in [0.717, 1.165) is 42.9 Å². The summed E-state index contributed by atoms with van der Waals surface area (Å²) >= 11 is 0. The third-order valence-corrected chi connectivity index (χ3v) is 8.56. The molecule has 1 aromatic heterocycles. The average molecular weight is 566 g/mol. The van der Waals surface area contributed by atoms with E-state index < -0.39 is 6.35 Å². The Morgan fingerprint density at radius 1 is 1.00 bits per heavy atom. The number of fused-ring (bicyclic) bond motifs is 1. The molecule has 42 heavy (non-hydrogen) atoms. The van der Waals surface area contributed by atoms with E-state index in [9.17, 15) is 5.11 Å². The van der Waals surface area contributed by atoms with Crippen LogP contribution in [-0.2, 0) is 24.8 Å². The van der Waals surface area contributed by atoms with Gasteiger partial charge in [-0.25, -0.2) is 4.68 Å². The molecular formula is C36H47N5O. The van der Waals surface area contributed by atoms with E-state index in [1.54, 1.807) is 11.9 Å². The molecule has 1 unspecified atom stereocenters. The number of benzene rings is 3. The predicted molar refractivity (Wildman–Crippen MR) is 176 cm³/mol. The molecule has 0 bridgehead atoms. The molecule has 6 heteroatoms. The van der Waals surface area contributed by atoms with Gasteiger partial charge in [-0.2, -0.15) is 5.10 Å². The number of aromatic nitrogens is 2. The third kappa shape index (κ3) is 5.83. The van der Waals surface area contributed by atoms with Crippen molar-refractivity contribution >= 4 is 11.4 Å². The molecule has 1 aliphatic rings. The van der Waals surface area contributed by atoms with Gasteiger partial charge in [-0.3, -0.25) is 5.73 Å². The van der Waals surface area contributed by atoms with Crippen molar-refractivity contribution in [2.75, 3.05) is 23.4 Å². The van der Waals surface area contributed by atoms with Crippen LogP contribution in [0.1, 0.15) is 68.1 Å². The van der Waals surface area contributed by atoms with Gasteiger partial charge in [0.15, 0.2) is 6.35 Å². The first kappa shape index (κ1) is 29.9. The van der Waals surface area contributed by atoms with Crippen molar-refractivity contribution in [1.29, 1.82) is 0 Å². The molecule has 3 N–H and O–H groups in total. The molecule has 0 spiro atoms. The number of nitrogens with zero attached hydrogens (tertiary/aromatic N) is 4. The van der Waals surface area contributed by atoms with Crippen molar-refractivity contribution < 1.29 is 5.11 Å². The number of anilines is 2. The van der Waals surface area contributed by atoms with Gasteiger partial charge in [-0.05, 0) is 72.1 Å². The Bertz CT molecular complexity index is 1560. The topological polar surface area (TPSA) is 70.6 Å². The maximum absolute atomic E-state index is 9.92. The SMILES string of the molecule is Cc1ccc(C(C)(C)C)cc1N1CCc2nn(-c3c(C)cccc3CC(C)C)c(-c3ccc(N(C)C(N)O)cc3)c2C1. The minimum atomic E-state index is -1.06. The molecule has 0 amide bonds. The van der Waals surface area contributed by atoms with E-state index in [2.05, 4.69) is 107 Å². The molecule has 2 heterocycles. The fourth-order valence-electron chi connectivity index (χ4n) is 6.09. The zero-order chi connectivity index (χ0) is 30.3. The standard InChI is InChI=1S/C36H47N5O/c1-23(2)20-27-11-9-10-25(4)33(27)41-34(26-13-16-29(17-14-26)39(8)35(37)42)30-22-40(19-18-31(30)38-41)32-21-28(36(5,6)7)15-12-24(32)3/h9-17,21,23,35,42H,18-20,22,37H2,1-8H3. The molecule has 3 aromatic carbocycles. The lowest BCUT2D eigenvalue weighted by Gasteiger charge is -2.32. The van der Waals surface area contributed by atoms with Crippen LogP contribution in [0.25, 0.3) is 16.9 Å². The second-order valence-electron chi connectivity index (χ2n) is 13.4. The Kier molecular flexibility index (Phi) is 8.23. The van der Waals surface area contributed by atoms with Crippen molar-refractivity contribution in [1.82, 2.24) is 9.78 Å². The van der Waals surface area contributed by atoms with Crippen LogP contribution in [0.4, 0.5) is 11.4 Å². The summed E-state index contributed by atoms with van der Waals surface area (Å²) in [5, 5.41) is 15.3. The molecule has 0 aliphatic carbocycles. The number of hydrogen-bond acceptors (Lipinski definition) is 5. The first-order valence-electron chi connectivity index (χ1n) is 15.2. The summed E-state index contributed by atoms with van der Waals surface area (Å²) in [6, 6.07) is 21.8. The Labute approximate surface area is 251 Å². The van der Waals surface area contributed by atoms with Crippen LogP contribution in [0.3, 0.4) is 0 Å². The second kappa shape index (κ2) is 11.6. The van der Waals surface area contributed by atoms with Gasteiger partial charge in [-0.1, -0.05) is 77.1 Å². The van der Waals surface area contributed by atoms with Gasteiger partial charge in [0.1, 0.15) is 0 Å². The van der Waals surface area contributed by atoms with Crippen molar-refractivity contribution in [2.45, 2.75) is 79.6 Å². The Morgan fingerprint density at radius 2 is 1.71 bits per heavy atom. The number of aryl methyl sites for hydroxylation is 2. The van der Waals surface area contributed by atoms with Crippen molar-refractivity contribution in [3.8, 4) is 16.9 Å². The molecule has 0 fully saturated rings. The number of rotatable bonds is 7. The summed E-state index contributed by atoms with van der Waals surface area (Å²) in [5.74, 6) is 0.533. The van der Waals surface area contributed by atoms with Crippen LogP contribution in [-0.4, -0.2) is 34.8 Å². The summed E-state index contributed by atoms with van der Waals surface area (Å²) in [7, 11) is 1.79. The summed E-state index contributed by atoms with van der Waals surface area (Å²) in [6.45, 7) is 17.5. The van der Waals surface area contributed by atoms with Crippen LogP contribution in [0, 0.1) is 19.8 Å². The van der Waals surface area contributed by atoms with Crippen LogP contribution in [0.15, 0.2) is 60.7 Å². The number of aliphatic hydroxyl groups is 1. The van der Waals surface area contributed by atoms with Crippen molar-refractivity contribution in [3.05, 3.63) is 94.2 Å². The van der Waals surface area contributed by atoms with Gasteiger partial charge in [0.05, 0.1) is 17.1 Å². The molecule has 5 rings (SSSR count). The lowest BCUT2D eigenvalue weighted by atomic mass is 9.86. The summed E-state index contributed by atoms with van der Waals surface area (Å²) < 4.78 is 2.22. The van der Waals surface area contributed by atoms with Gasteiger partial charge in [0.25, 0.3) is 0 Å². The van der Waals surface area contributed by atoms with Crippen molar-refractivity contribution in [2.24, 2.45) is 11.7 Å². The Hall–Kier alpha value is -3.61. The van der Waals surface area contributed by atoms with E-state index in [4.69, 9.17) is 10.8 Å². The number of para-hydroxylation sites is 1. The summed E-state index contributed by atoms with van der Waals surface area (Å²) in [5.41, 5.74) is 19.1. The second-order valence-corrected chi connectivity index (χ2v) is 13.4. The van der Waals surface area contributed by atoms with E-state index in [1.165, 1.54) is 44.9 Å². The molecule has 1 atom stereocenters. The average Bonchev–Trinajstić information content (AvgIpc) is 3.30. The van der Waals surface area contributed by atoms with E-state index in [-0.39, 0.29) is 5.41 Å². The fraction of sp³-hybridized carbons (Fsp3) is 0.417. The molecule has 0 radical (unpaired) electrons. The lowest BCUT2D eigenvalue weighted by Crippen LogP contribution is -2.38. The predicted octanol–water partition coefficient (Wildman–Crippen LogP) is 6.89. The minimum Gasteiger partial charge on any atom is -0.366 e. The highest BCUT2D eigenvalue weighted by Gasteiger charge is 2.29. The van der Waals surface area contributed by atoms with Gasteiger partial charge in [0.2, 0.25) is 0 Å². The van der Waals surface area contributed by atoms with E-state index >= 15 is 0 Å². The normalized spacial score (nSPS) is 14.3. The number of aliphatic hydroxyl groups excluding tert-OH is 1. The molecule has 0 saturated heterocycles. The fourth-order valence-corrected chi connectivity index (χ4v) is 6.09. The Balaban J connectivity index is 1.67. The molecular weight excluding hydrogens is 518 g/mol. The van der Waals surface area contributed by atoms with Gasteiger partial charge < -0.3 is 14.9 Å². The third-order valence-electron chi connectivity index (χ3n) is 8.56. The first-order valence-corrected chi connectivity index (χ1v) is 15.2. The minimum absolute atomic E-state index is 0.0864. The highest BCUT2D eigenvalue weighted by atomic mass is 16.3. The lowest BCUT2D eigenvalue weighted by molar-refractivity contribution is 0.183. The van der Waals surface area contributed by atoms with Crippen LogP contribution in [0.5, 0.6) is 0 Å².